The van der Waals surface area contributed by atoms with Crippen molar-refractivity contribution in [3.8, 4) is 23.0 Å². The Bertz CT molecular complexity index is 1690. The predicted molar refractivity (Wildman–Crippen MR) is 167 cm³/mol. The van der Waals surface area contributed by atoms with Gasteiger partial charge >= 0.3 is 5.97 Å². The van der Waals surface area contributed by atoms with Crippen LogP contribution in [0.5, 0.6) is 23.0 Å². The third-order valence-corrected chi connectivity index (χ3v) is 7.83. The van der Waals surface area contributed by atoms with Crippen molar-refractivity contribution in [1.29, 1.82) is 0 Å². The molecule has 9 nitrogen and oxygen atoms in total. The van der Waals surface area contributed by atoms with Crippen molar-refractivity contribution in [2.24, 2.45) is 4.99 Å². The Morgan fingerprint density at radius 1 is 1.00 bits per heavy atom. The zero-order valence-electron chi connectivity index (χ0n) is 26.1. The molecule has 10 heteroatoms. The first kappa shape index (κ1) is 31.9. The summed E-state index contributed by atoms with van der Waals surface area (Å²) in [4.78, 5) is 32.5. The lowest BCUT2D eigenvalue weighted by Gasteiger charge is -2.25. The molecule has 1 aliphatic heterocycles. The molecule has 1 aliphatic rings. The quantitative estimate of drug-likeness (QED) is 0.262. The zero-order valence-corrected chi connectivity index (χ0v) is 26.9. The number of rotatable bonds is 12. The summed E-state index contributed by atoms with van der Waals surface area (Å²) in [7, 11) is 1.56. The highest BCUT2D eigenvalue weighted by molar-refractivity contribution is 7.07. The molecule has 0 aliphatic carbocycles. The van der Waals surface area contributed by atoms with Gasteiger partial charge < -0.3 is 23.7 Å². The number of ether oxygens (including phenoxy) is 5. The lowest BCUT2D eigenvalue weighted by Crippen LogP contribution is -2.40. The van der Waals surface area contributed by atoms with Gasteiger partial charge in [-0.25, -0.2) is 9.79 Å². The topological polar surface area (TPSA) is 97.6 Å². The first-order chi connectivity index (χ1) is 20.6. The molecule has 0 saturated heterocycles. The fourth-order valence-corrected chi connectivity index (χ4v) is 5.79. The molecule has 0 fully saturated rings. The summed E-state index contributed by atoms with van der Waals surface area (Å²) in [6.07, 6.45) is 2.64. The lowest BCUT2D eigenvalue weighted by molar-refractivity contribution is -0.139. The van der Waals surface area contributed by atoms with Crippen molar-refractivity contribution in [2.45, 2.75) is 73.1 Å². The van der Waals surface area contributed by atoms with E-state index in [1.54, 1.807) is 43.7 Å². The van der Waals surface area contributed by atoms with E-state index in [4.69, 9.17) is 23.7 Å². The summed E-state index contributed by atoms with van der Waals surface area (Å²) in [5.74, 6) is 1.80. The van der Waals surface area contributed by atoms with Crippen LogP contribution in [0.15, 0.2) is 57.5 Å². The van der Waals surface area contributed by atoms with E-state index in [0.29, 0.717) is 55.8 Å². The maximum Gasteiger partial charge on any atom is 0.338 e. The minimum absolute atomic E-state index is 0.0372. The van der Waals surface area contributed by atoms with Crippen molar-refractivity contribution in [3.63, 3.8) is 0 Å². The number of thiazole rings is 1. The van der Waals surface area contributed by atoms with Gasteiger partial charge in [-0.05, 0) is 89.4 Å². The molecule has 43 heavy (non-hydrogen) atoms. The predicted octanol–water partition coefficient (Wildman–Crippen LogP) is 5.17. The maximum atomic E-state index is 14.1. The highest BCUT2D eigenvalue weighted by Gasteiger charge is 2.34. The standard InChI is InChI=1S/C33H40N2O7S/c1-9-20(6)42-25-14-12-22(16-27(25)39-10-2)17-28-31(36)35-30(23-13-15-24(41-19(4)5)26(18-23)38-8)29(32(37)40-11-3)21(7)34-33(35)43-28/h12-20,30H,9-11H2,1-8H3/b28-17-/t20-,30-/m1/s1. The normalized spacial score (nSPS) is 15.6. The second-order valence-corrected chi connectivity index (χ2v) is 11.4. The number of carbonyl (C=O) groups excluding carboxylic acids is 1. The van der Waals surface area contributed by atoms with Gasteiger partial charge in [-0.3, -0.25) is 9.36 Å². The number of esters is 1. The summed E-state index contributed by atoms with van der Waals surface area (Å²) in [5.41, 5.74) is 1.96. The van der Waals surface area contributed by atoms with Gasteiger partial charge in [-0.15, -0.1) is 0 Å². The number of hydrogen-bond acceptors (Lipinski definition) is 9. The van der Waals surface area contributed by atoms with Crippen LogP contribution in [0.25, 0.3) is 6.08 Å². The van der Waals surface area contributed by atoms with E-state index >= 15 is 0 Å². The van der Waals surface area contributed by atoms with Crippen LogP contribution in [-0.2, 0) is 9.53 Å². The second-order valence-electron chi connectivity index (χ2n) is 10.4. The molecule has 0 spiro atoms. The van der Waals surface area contributed by atoms with Gasteiger partial charge in [0.25, 0.3) is 5.56 Å². The molecule has 0 bridgehead atoms. The number of allylic oxidation sites excluding steroid dienone is 1. The van der Waals surface area contributed by atoms with Gasteiger partial charge in [-0.2, -0.15) is 0 Å². The number of aromatic nitrogens is 1. The first-order valence-electron chi connectivity index (χ1n) is 14.6. The van der Waals surface area contributed by atoms with Crippen LogP contribution < -0.4 is 33.8 Å². The van der Waals surface area contributed by atoms with E-state index in [9.17, 15) is 9.59 Å². The Morgan fingerprint density at radius 2 is 1.72 bits per heavy atom. The molecule has 4 rings (SSSR count). The van der Waals surface area contributed by atoms with E-state index in [2.05, 4.69) is 11.9 Å². The number of fused-ring (bicyclic) bond motifs is 1. The van der Waals surface area contributed by atoms with Crippen molar-refractivity contribution in [3.05, 3.63) is 78.5 Å². The van der Waals surface area contributed by atoms with E-state index < -0.39 is 12.0 Å². The molecule has 0 amide bonds. The van der Waals surface area contributed by atoms with Gasteiger partial charge in [-0.1, -0.05) is 30.4 Å². The third kappa shape index (κ3) is 6.96. The van der Waals surface area contributed by atoms with E-state index in [1.807, 2.05) is 52.0 Å². The summed E-state index contributed by atoms with van der Waals surface area (Å²) in [5, 5.41) is 0. The molecule has 1 aromatic heterocycles. The molecule has 230 valence electrons. The number of methoxy groups -OCH3 is 1. The van der Waals surface area contributed by atoms with Crippen LogP contribution in [0.2, 0.25) is 0 Å². The average Bonchev–Trinajstić information content (AvgIpc) is 3.27. The smallest absolute Gasteiger partial charge is 0.338 e. The van der Waals surface area contributed by atoms with Crippen LogP contribution in [-0.4, -0.2) is 43.1 Å². The highest BCUT2D eigenvalue weighted by atomic mass is 32.1. The summed E-state index contributed by atoms with van der Waals surface area (Å²) in [6, 6.07) is 10.3. The number of carbonyl (C=O) groups is 1. The van der Waals surface area contributed by atoms with Crippen LogP contribution in [0.4, 0.5) is 0 Å². The monoisotopic (exact) mass is 608 g/mol. The van der Waals surface area contributed by atoms with Gasteiger partial charge in [0.05, 0.1) is 54.4 Å². The Morgan fingerprint density at radius 3 is 2.37 bits per heavy atom. The Balaban J connectivity index is 1.88. The molecule has 0 saturated carbocycles. The number of nitrogens with zero attached hydrogens (tertiary/aromatic N) is 2. The van der Waals surface area contributed by atoms with Crippen molar-refractivity contribution >= 4 is 23.4 Å². The Hall–Kier alpha value is -4.05. The van der Waals surface area contributed by atoms with Crippen LogP contribution in [0.1, 0.15) is 72.1 Å². The average molecular weight is 609 g/mol. The Labute approximate surface area is 256 Å². The molecule has 3 aromatic rings. The molecule has 2 atom stereocenters. The molecular formula is C33H40N2O7S. The zero-order chi connectivity index (χ0) is 31.3. The SMILES string of the molecule is CCOC(=O)C1=C(C)N=c2s/c(=C\c3ccc(O[C@H](C)CC)c(OCC)c3)c(=O)n2[C@@H]1c1ccc(OC(C)C)c(OC)c1. The third-order valence-electron chi connectivity index (χ3n) is 6.85. The molecule has 0 N–H and O–H groups in total. The number of benzene rings is 2. The fourth-order valence-electron chi connectivity index (χ4n) is 4.74. The van der Waals surface area contributed by atoms with Crippen LogP contribution in [0, 0.1) is 0 Å². The second kappa shape index (κ2) is 13.9. The van der Waals surface area contributed by atoms with Gasteiger partial charge in [0.1, 0.15) is 0 Å². The van der Waals surface area contributed by atoms with E-state index in [0.717, 1.165) is 12.0 Å². The van der Waals surface area contributed by atoms with Crippen LogP contribution >= 0.6 is 11.3 Å². The lowest BCUT2D eigenvalue weighted by atomic mass is 9.95. The Kier molecular flexibility index (Phi) is 10.3. The summed E-state index contributed by atoms with van der Waals surface area (Å²) < 4.78 is 30.9. The molecular weight excluding hydrogens is 568 g/mol. The number of hydrogen-bond donors (Lipinski definition) is 0. The van der Waals surface area contributed by atoms with Crippen LogP contribution in [0.3, 0.4) is 0 Å². The summed E-state index contributed by atoms with van der Waals surface area (Å²) in [6.45, 7) is 14.0. The fraction of sp³-hybridized carbons (Fsp3) is 0.424. The molecule has 0 unspecified atom stereocenters. The largest absolute Gasteiger partial charge is 0.493 e. The van der Waals surface area contributed by atoms with Crippen molar-refractivity contribution < 1.29 is 28.5 Å². The van der Waals surface area contributed by atoms with Gasteiger partial charge in [0, 0.05) is 0 Å². The first-order valence-corrected chi connectivity index (χ1v) is 15.4. The van der Waals surface area contributed by atoms with Gasteiger partial charge in [0.15, 0.2) is 27.8 Å². The van der Waals surface area contributed by atoms with Gasteiger partial charge in [0.2, 0.25) is 0 Å². The van der Waals surface area contributed by atoms with E-state index in [-0.39, 0.29) is 24.4 Å². The highest BCUT2D eigenvalue weighted by Crippen LogP contribution is 2.36. The minimum atomic E-state index is -0.773. The molecule has 0 radical (unpaired) electrons. The van der Waals surface area contributed by atoms with Crippen molar-refractivity contribution in [1.82, 2.24) is 4.57 Å². The molecule has 2 heterocycles. The maximum absolute atomic E-state index is 14.1. The summed E-state index contributed by atoms with van der Waals surface area (Å²) >= 11 is 1.26. The molecule has 2 aromatic carbocycles. The minimum Gasteiger partial charge on any atom is -0.493 e. The van der Waals surface area contributed by atoms with E-state index in [1.165, 1.54) is 11.3 Å². The van der Waals surface area contributed by atoms with Crippen molar-refractivity contribution in [2.75, 3.05) is 20.3 Å².